The Balaban J connectivity index is 3.12. The third-order valence-electron chi connectivity index (χ3n) is 1.64. The molecule has 13 heavy (non-hydrogen) atoms. The van der Waals surface area contributed by atoms with Gasteiger partial charge in [0.05, 0.1) is 12.5 Å². The standard InChI is InChI=1S/C10H21NO2/c1-4-6-11-7-5-8-13-10(12)9(2)3/h9,11H,4-8H2,1-3H3. The molecule has 0 saturated carbocycles. The molecule has 0 heterocycles. The van der Waals surface area contributed by atoms with Gasteiger partial charge in [-0.3, -0.25) is 4.79 Å². The molecule has 0 unspecified atom stereocenters. The van der Waals surface area contributed by atoms with Crippen LogP contribution in [-0.4, -0.2) is 25.7 Å². The largest absolute Gasteiger partial charge is 0.465 e. The van der Waals surface area contributed by atoms with Crippen molar-refractivity contribution in [1.29, 1.82) is 0 Å². The lowest BCUT2D eigenvalue weighted by atomic mass is 10.2. The van der Waals surface area contributed by atoms with Crippen LogP contribution in [0.4, 0.5) is 0 Å². The molecule has 0 radical (unpaired) electrons. The summed E-state index contributed by atoms with van der Waals surface area (Å²) in [5.41, 5.74) is 0. The minimum absolute atomic E-state index is 0.0106. The third-order valence-corrected chi connectivity index (χ3v) is 1.64. The highest BCUT2D eigenvalue weighted by Crippen LogP contribution is 1.95. The highest BCUT2D eigenvalue weighted by Gasteiger charge is 2.06. The van der Waals surface area contributed by atoms with Gasteiger partial charge in [-0.25, -0.2) is 0 Å². The lowest BCUT2D eigenvalue weighted by Crippen LogP contribution is -2.19. The van der Waals surface area contributed by atoms with Crippen molar-refractivity contribution in [1.82, 2.24) is 5.32 Å². The SMILES string of the molecule is CCCNCCCOC(=O)C(C)C. The fourth-order valence-corrected chi connectivity index (χ4v) is 0.838. The number of ether oxygens (including phenoxy) is 1. The van der Waals surface area contributed by atoms with E-state index in [-0.39, 0.29) is 11.9 Å². The first-order chi connectivity index (χ1) is 6.18. The van der Waals surface area contributed by atoms with E-state index in [4.69, 9.17) is 4.74 Å². The molecule has 78 valence electrons. The van der Waals surface area contributed by atoms with Crippen molar-refractivity contribution in [2.24, 2.45) is 5.92 Å². The summed E-state index contributed by atoms with van der Waals surface area (Å²) in [5.74, 6) is -0.112. The topological polar surface area (TPSA) is 38.3 Å². The Bertz CT molecular complexity index is 135. The molecule has 3 heteroatoms. The van der Waals surface area contributed by atoms with Gasteiger partial charge >= 0.3 is 5.97 Å². The quantitative estimate of drug-likeness (QED) is 0.485. The summed E-state index contributed by atoms with van der Waals surface area (Å²) in [6, 6.07) is 0. The second-order valence-electron chi connectivity index (χ2n) is 3.43. The van der Waals surface area contributed by atoms with Crippen LogP contribution in [0.15, 0.2) is 0 Å². The normalized spacial score (nSPS) is 10.5. The Hall–Kier alpha value is -0.570. The van der Waals surface area contributed by atoms with Gasteiger partial charge in [0.2, 0.25) is 0 Å². The van der Waals surface area contributed by atoms with E-state index >= 15 is 0 Å². The molecule has 0 fully saturated rings. The lowest BCUT2D eigenvalue weighted by Gasteiger charge is -2.07. The number of hydrogen-bond donors (Lipinski definition) is 1. The van der Waals surface area contributed by atoms with E-state index in [1.165, 1.54) is 0 Å². The number of esters is 1. The van der Waals surface area contributed by atoms with Gasteiger partial charge in [0.15, 0.2) is 0 Å². The second-order valence-corrected chi connectivity index (χ2v) is 3.43. The molecule has 0 aliphatic rings. The highest BCUT2D eigenvalue weighted by molar-refractivity contribution is 5.71. The minimum atomic E-state index is -0.101. The number of carbonyl (C=O) groups excluding carboxylic acids is 1. The number of rotatable bonds is 7. The Labute approximate surface area is 80.8 Å². The van der Waals surface area contributed by atoms with E-state index in [1.807, 2.05) is 13.8 Å². The zero-order valence-corrected chi connectivity index (χ0v) is 8.93. The van der Waals surface area contributed by atoms with Gasteiger partial charge in [-0.1, -0.05) is 20.8 Å². The van der Waals surface area contributed by atoms with Crippen LogP contribution in [0.25, 0.3) is 0 Å². The van der Waals surface area contributed by atoms with Crippen molar-refractivity contribution in [3.8, 4) is 0 Å². The maximum absolute atomic E-state index is 11.0. The van der Waals surface area contributed by atoms with Gasteiger partial charge in [0.1, 0.15) is 0 Å². The van der Waals surface area contributed by atoms with Crippen LogP contribution in [0.2, 0.25) is 0 Å². The first-order valence-electron chi connectivity index (χ1n) is 5.05. The van der Waals surface area contributed by atoms with E-state index in [0.29, 0.717) is 6.61 Å². The minimum Gasteiger partial charge on any atom is -0.465 e. The van der Waals surface area contributed by atoms with Crippen molar-refractivity contribution in [2.75, 3.05) is 19.7 Å². The fourth-order valence-electron chi connectivity index (χ4n) is 0.838. The molecule has 3 nitrogen and oxygen atoms in total. The Morgan fingerprint density at radius 3 is 2.62 bits per heavy atom. The van der Waals surface area contributed by atoms with E-state index < -0.39 is 0 Å². The maximum atomic E-state index is 11.0. The molecule has 0 saturated heterocycles. The van der Waals surface area contributed by atoms with Crippen molar-refractivity contribution < 1.29 is 9.53 Å². The molecule has 1 N–H and O–H groups in total. The predicted molar refractivity (Wildman–Crippen MR) is 53.6 cm³/mol. The summed E-state index contributed by atoms with van der Waals surface area (Å²) in [4.78, 5) is 11.0. The van der Waals surface area contributed by atoms with E-state index in [1.54, 1.807) is 0 Å². The first kappa shape index (κ1) is 12.4. The van der Waals surface area contributed by atoms with Crippen LogP contribution in [0.3, 0.4) is 0 Å². The molecule has 0 atom stereocenters. The average Bonchev–Trinajstić information content (AvgIpc) is 2.10. The number of nitrogens with one attached hydrogen (secondary N) is 1. The number of hydrogen-bond acceptors (Lipinski definition) is 3. The smallest absolute Gasteiger partial charge is 0.308 e. The van der Waals surface area contributed by atoms with Crippen LogP contribution >= 0.6 is 0 Å². The van der Waals surface area contributed by atoms with E-state index in [9.17, 15) is 4.79 Å². The monoisotopic (exact) mass is 187 g/mol. The molecule has 0 aromatic rings. The van der Waals surface area contributed by atoms with Crippen molar-refractivity contribution in [3.05, 3.63) is 0 Å². The Morgan fingerprint density at radius 2 is 2.08 bits per heavy atom. The average molecular weight is 187 g/mol. The first-order valence-corrected chi connectivity index (χ1v) is 5.05. The van der Waals surface area contributed by atoms with Gasteiger partial charge < -0.3 is 10.1 Å². The third kappa shape index (κ3) is 7.78. The molecule has 0 aliphatic carbocycles. The van der Waals surface area contributed by atoms with Crippen molar-refractivity contribution in [2.45, 2.75) is 33.6 Å². The van der Waals surface area contributed by atoms with Gasteiger partial charge in [-0.2, -0.15) is 0 Å². The lowest BCUT2D eigenvalue weighted by molar-refractivity contribution is -0.147. The summed E-state index contributed by atoms with van der Waals surface area (Å²) in [6.07, 6.45) is 2.05. The predicted octanol–water partition coefficient (Wildman–Crippen LogP) is 1.58. The van der Waals surface area contributed by atoms with Crippen molar-refractivity contribution >= 4 is 5.97 Å². The molecule has 0 spiro atoms. The van der Waals surface area contributed by atoms with E-state index in [2.05, 4.69) is 12.2 Å². The molecule has 0 rings (SSSR count). The Morgan fingerprint density at radius 1 is 1.38 bits per heavy atom. The van der Waals surface area contributed by atoms with Crippen LogP contribution in [-0.2, 0) is 9.53 Å². The number of carbonyl (C=O) groups is 1. The summed E-state index contributed by atoms with van der Waals surface area (Å²) >= 11 is 0. The van der Waals surface area contributed by atoms with Gasteiger partial charge in [0, 0.05) is 0 Å². The Kier molecular flexibility index (Phi) is 7.69. The summed E-state index contributed by atoms with van der Waals surface area (Å²) < 4.78 is 5.00. The summed E-state index contributed by atoms with van der Waals surface area (Å²) in [7, 11) is 0. The molecule has 0 aliphatic heterocycles. The molecule has 0 amide bonds. The molecule has 0 aromatic carbocycles. The second kappa shape index (κ2) is 8.05. The molecule has 0 bridgehead atoms. The van der Waals surface area contributed by atoms with Crippen LogP contribution < -0.4 is 5.32 Å². The van der Waals surface area contributed by atoms with Crippen LogP contribution in [0, 0.1) is 5.92 Å². The molecular weight excluding hydrogens is 166 g/mol. The fraction of sp³-hybridized carbons (Fsp3) is 0.900. The zero-order chi connectivity index (χ0) is 10.1. The van der Waals surface area contributed by atoms with Gasteiger partial charge in [-0.05, 0) is 25.9 Å². The zero-order valence-electron chi connectivity index (χ0n) is 8.93. The summed E-state index contributed by atoms with van der Waals surface area (Å²) in [6.45, 7) is 8.33. The van der Waals surface area contributed by atoms with Crippen LogP contribution in [0.5, 0.6) is 0 Å². The van der Waals surface area contributed by atoms with Crippen molar-refractivity contribution in [3.63, 3.8) is 0 Å². The van der Waals surface area contributed by atoms with Gasteiger partial charge in [0.25, 0.3) is 0 Å². The van der Waals surface area contributed by atoms with Gasteiger partial charge in [-0.15, -0.1) is 0 Å². The maximum Gasteiger partial charge on any atom is 0.308 e. The van der Waals surface area contributed by atoms with E-state index in [0.717, 1.165) is 25.9 Å². The highest BCUT2D eigenvalue weighted by atomic mass is 16.5. The molecule has 0 aromatic heterocycles. The summed E-state index contributed by atoms with van der Waals surface area (Å²) in [5, 5.41) is 3.25. The molecular formula is C10H21NO2. The van der Waals surface area contributed by atoms with Crippen LogP contribution in [0.1, 0.15) is 33.6 Å².